The summed E-state index contributed by atoms with van der Waals surface area (Å²) in [6.07, 6.45) is 0. The van der Waals surface area contributed by atoms with Crippen molar-refractivity contribution in [3.8, 4) is 17.3 Å². The van der Waals surface area contributed by atoms with Gasteiger partial charge in [-0.25, -0.2) is 0 Å². The maximum atomic E-state index is 11.6. The Bertz CT molecular complexity index is 671. The van der Waals surface area contributed by atoms with Crippen molar-refractivity contribution in [3.63, 3.8) is 0 Å². The molecule has 2 rings (SSSR count). The zero-order valence-corrected chi connectivity index (χ0v) is 9.35. The van der Waals surface area contributed by atoms with Crippen LogP contribution in [0.3, 0.4) is 0 Å². The molecular weight excluding hydrogens is 240 g/mol. The summed E-state index contributed by atoms with van der Waals surface area (Å²) in [5, 5.41) is 18.8. The second-order valence-electron chi connectivity index (χ2n) is 3.34. The minimum atomic E-state index is -0.759. The van der Waals surface area contributed by atoms with Crippen molar-refractivity contribution in [1.82, 2.24) is 4.73 Å². The van der Waals surface area contributed by atoms with Crippen molar-refractivity contribution in [1.29, 1.82) is 5.26 Å². The van der Waals surface area contributed by atoms with Crippen LogP contribution in [0, 0.1) is 11.3 Å². The van der Waals surface area contributed by atoms with E-state index in [1.807, 2.05) is 0 Å². The molecule has 1 heterocycles. The number of nitriles is 1. The molecule has 2 aromatic rings. The summed E-state index contributed by atoms with van der Waals surface area (Å²) in [4.78, 5) is 11.6. The molecule has 84 valence electrons. The lowest BCUT2D eigenvalue weighted by Crippen LogP contribution is -2.21. The predicted molar refractivity (Wildman–Crippen MR) is 63.0 cm³/mol. The largest absolute Gasteiger partial charge is 0.425 e. The number of hydrogen-bond donors (Lipinski definition) is 1. The molecular formula is C12H7ClN2O2. The summed E-state index contributed by atoms with van der Waals surface area (Å²) in [5.41, 5.74) is -0.105. The van der Waals surface area contributed by atoms with Gasteiger partial charge in [0.15, 0.2) is 0 Å². The summed E-state index contributed by atoms with van der Waals surface area (Å²) in [6.45, 7) is 0. The maximum Gasteiger partial charge on any atom is 0.301 e. The van der Waals surface area contributed by atoms with E-state index in [1.54, 1.807) is 30.3 Å². The van der Waals surface area contributed by atoms with Crippen LogP contribution in [0.25, 0.3) is 11.3 Å². The summed E-state index contributed by atoms with van der Waals surface area (Å²) in [7, 11) is 0. The van der Waals surface area contributed by atoms with E-state index in [4.69, 9.17) is 16.9 Å². The highest BCUT2D eigenvalue weighted by Crippen LogP contribution is 2.26. The van der Waals surface area contributed by atoms with Gasteiger partial charge in [0.25, 0.3) is 0 Å². The minimum absolute atomic E-state index is 0.122. The van der Waals surface area contributed by atoms with E-state index >= 15 is 0 Å². The highest BCUT2D eigenvalue weighted by atomic mass is 35.5. The molecule has 0 fully saturated rings. The minimum Gasteiger partial charge on any atom is -0.425 e. The first-order chi connectivity index (χ1) is 8.15. The third kappa shape index (κ3) is 1.88. The molecule has 0 saturated heterocycles. The van der Waals surface area contributed by atoms with Gasteiger partial charge in [-0.05, 0) is 18.2 Å². The van der Waals surface area contributed by atoms with Crippen LogP contribution in [-0.4, -0.2) is 9.94 Å². The lowest BCUT2D eigenvalue weighted by Gasteiger charge is -2.07. The van der Waals surface area contributed by atoms with Gasteiger partial charge in [-0.2, -0.15) is 5.26 Å². The fourth-order valence-corrected chi connectivity index (χ4v) is 1.72. The zero-order chi connectivity index (χ0) is 12.4. The third-order valence-electron chi connectivity index (χ3n) is 2.33. The van der Waals surface area contributed by atoms with Crippen molar-refractivity contribution in [2.24, 2.45) is 0 Å². The van der Waals surface area contributed by atoms with Gasteiger partial charge in [-0.3, -0.25) is 4.79 Å². The van der Waals surface area contributed by atoms with Crippen LogP contribution in [-0.2, 0) is 0 Å². The fourth-order valence-electron chi connectivity index (χ4n) is 1.49. The van der Waals surface area contributed by atoms with Crippen molar-refractivity contribution >= 4 is 11.6 Å². The van der Waals surface area contributed by atoms with Crippen LogP contribution < -0.4 is 5.56 Å². The molecule has 0 saturated carbocycles. The average molecular weight is 247 g/mol. The number of pyridine rings is 1. The number of hydrogen-bond acceptors (Lipinski definition) is 3. The van der Waals surface area contributed by atoms with Crippen molar-refractivity contribution in [2.45, 2.75) is 0 Å². The molecule has 17 heavy (non-hydrogen) atoms. The molecule has 0 unspecified atom stereocenters. The Morgan fingerprint density at radius 3 is 2.59 bits per heavy atom. The molecule has 1 aromatic carbocycles. The van der Waals surface area contributed by atoms with Gasteiger partial charge in [0.05, 0.1) is 10.7 Å². The molecule has 0 spiro atoms. The number of nitrogens with zero attached hydrogens (tertiary/aromatic N) is 2. The highest BCUT2D eigenvalue weighted by molar-refractivity contribution is 6.33. The van der Waals surface area contributed by atoms with Crippen LogP contribution >= 0.6 is 11.6 Å². The van der Waals surface area contributed by atoms with Crippen LogP contribution in [0.2, 0.25) is 5.02 Å². The predicted octanol–water partition coefficient (Wildman–Crippen LogP) is 2.28. The van der Waals surface area contributed by atoms with Gasteiger partial charge in [-0.1, -0.05) is 29.8 Å². The zero-order valence-electron chi connectivity index (χ0n) is 8.59. The third-order valence-corrected chi connectivity index (χ3v) is 2.66. The van der Waals surface area contributed by atoms with Crippen molar-refractivity contribution < 1.29 is 5.21 Å². The topological polar surface area (TPSA) is 66.0 Å². The van der Waals surface area contributed by atoms with E-state index in [0.717, 1.165) is 0 Å². The van der Waals surface area contributed by atoms with Gasteiger partial charge in [0.2, 0.25) is 0 Å². The summed E-state index contributed by atoms with van der Waals surface area (Å²) in [6, 6.07) is 11.3. The second-order valence-corrected chi connectivity index (χ2v) is 3.75. The van der Waals surface area contributed by atoms with Crippen molar-refractivity contribution in [3.05, 3.63) is 57.3 Å². The van der Waals surface area contributed by atoms with E-state index in [0.29, 0.717) is 15.3 Å². The highest BCUT2D eigenvalue weighted by Gasteiger charge is 2.11. The molecule has 0 atom stereocenters. The molecule has 0 aliphatic carbocycles. The Balaban J connectivity index is 2.72. The molecule has 4 nitrogen and oxygen atoms in total. The van der Waals surface area contributed by atoms with Crippen molar-refractivity contribution in [2.75, 3.05) is 0 Å². The molecule has 1 aromatic heterocycles. The Morgan fingerprint density at radius 1 is 1.24 bits per heavy atom. The fraction of sp³-hybridized carbons (Fsp3) is 0. The number of rotatable bonds is 1. The van der Waals surface area contributed by atoms with Crippen LogP contribution in [0.4, 0.5) is 0 Å². The van der Waals surface area contributed by atoms with E-state index in [9.17, 15) is 10.0 Å². The summed E-state index contributed by atoms with van der Waals surface area (Å²) >= 11 is 5.97. The molecule has 1 N–H and O–H groups in total. The molecule has 0 aliphatic rings. The summed E-state index contributed by atoms with van der Waals surface area (Å²) in [5.74, 6) is 0. The lowest BCUT2D eigenvalue weighted by atomic mass is 10.1. The lowest BCUT2D eigenvalue weighted by molar-refractivity contribution is 0.179. The van der Waals surface area contributed by atoms with Crippen LogP contribution in [0.5, 0.6) is 0 Å². The average Bonchev–Trinajstić information content (AvgIpc) is 2.34. The monoisotopic (exact) mass is 246 g/mol. The molecule has 0 radical (unpaired) electrons. The molecule has 0 amide bonds. The normalized spacial score (nSPS) is 9.88. The van der Waals surface area contributed by atoms with Gasteiger partial charge in [-0.15, -0.1) is 4.73 Å². The number of benzene rings is 1. The first-order valence-corrected chi connectivity index (χ1v) is 5.13. The van der Waals surface area contributed by atoms with Gasteiger partial charge in [0.1, 0.15) is 11.6 Å². The quantitative estimate of drug-likeness (QED) is 0.785. The Hall–Kier alpha value is -2.25. The van der Waals surface area contributed by atoms with Gasteiger partial charge < -0.3 is 5.21 Å². The first kappa shape index (κ1) is 11.2. The Morgan fingerprint density at radius 2 is 1.94 bits per heavy atom. The second kappa shape index (κ2) is 4.32. The number of halogens is 1. The Kier molecular flexibility index (Phi) is 2.86. The van der Waals surface area contributed by atoms with E-state index in [2.05, 4.69) is 0 Å². The van der Waals surface area contributed by atoms with E-state index in [-0.39, 0.29) is 11.3 Å². The Labute approximate surface area is 102 Å². The molecule has 0 aliphatic heterocycles. The smallest absolute Gasteiger partial charge is 0.301 e. The van der Waals surface area contributed by atoms with E-state index < -0.39 is 5.56 Å². The summed E-state index contributed by atoms with van der Waals surface area (Å²) < 4.78 is 0.430. The SMILES string of the molecule is N#Cc1ccc(-c2ccccc2Cl)n(O)c1=O. The first-order valence-electron chi connectivity index (χ1n) is 4.75. The van der Waals surface area contributed by atoms with Crippen LogP contribution in [0.15, 0.2) is 41.2 Å². The van der Waals surface area contributed by atoms with Crippen LogP contribution in [0.1, 0.15) is 5.56 Å². The van der Waals surface area contributed by atoms with Gasteiger partial charge in [0, 0.05) is 5.56 Å². The molecule has 5 heteroatoms. The number of aromatic nitrogens is 1. The van der Waals surface area contributed by atoms with Gasteiger partial charge >= 0.3 is 5.56 Å². The maximum absolute atomic E-state index is 11.6. The molecule has 0 bridgehead atoms. The standard InChI is InChI=1S/C12H7ClN2O2/c13-10-4-2-1-3-9(10)11-6-5-8(7-14)12(16)15(11)17/h1-6,17H. The van der Waals surface area contributed by atoms with E-state index in [1.165, 1.54) is 12.1 Å².